The molecule has 96 valence electrons. The smallest absolute Gasteiger partial charge is 0.185 e. The Morgan fingerprint density at radius 3 is 2.26 bits per heavy atom. The summed E-state index contributed by atoms with van der Waals surface area (Å²) in [5.41, 5.74) is 10.4. The van der Waals surface area contributed by atoms with Crippen LogP contribution >= 0.6 is 0 Å². The Bertz CT molecular complexity index is 624. The second kappa shape index (κ2) is 5.53. The largest absolute Gasteiger partial charge is 0.398 e. The number of ketones is 1. The number of nitrogen functional groups attached to an aromatic ring is 1. The standard InChI is InChI=1S/C17H17NO/c1-12-3-7-15(8-4-12)17(19)10-9-14-6-5-13(2)11-16(14)18/h3-11H,18H2,1-2H3. The van der Waals surface area contributed by atoms with Crippen LogP contribution in [0.1, 0.15) is 27.0 Å². The van der Waals surface area contributed by atoms with Crippen molar-refractivity contribution in [3.8, 4) is 0 Å². The predicted molar refractivity (Wildman–Crippen MR) is 80.1 cm³/mol. The second-order valence-electron chi connectivity index (χ2n) is 4.70. The Morgan fingerprint density at radius 2 is 1.63 bits per heavy atom. The maximum atomic E-state index is 12.0. The van der Waals surface area contributed by atoms with Gasteiger partial charge in [-0.3, -0.25) is 4.79 Å². The molecule has 0 aliphatic heterocycles. The summed E-state index contributed by atoms with van der Waals surface area (Å²) in [4.78, 5) is 12.0. The topological polar surface area (TPSA) is 43.1 Å². The average Bonchev–Trinajstić information content (AvgIpc) is 2.38. The molecule has 2 nitrogen and oxygen atoms in total. The third kappa shape index (κ3) is 3.32. The average molecular weight is 251 g/mol. The summed E-state index contributed by atoms with van der Waals surface area (Å²) >= 11 is 0. The summed E-state index contributed by atoms with van der Waals surface area (Å²) < 4.78 is 0. The van der Waals surface area contributed by atoms with E-state index >= 15 is 0 Å². The molecule has 0 saturated carbocycles. The van der Waals surface area contributed by atoms with E-state index in [1.165, 1.54) is 0 Å². The monoisotopic (exact) mass is 251 g/mol. The van der Waals surface area contributed by atoms with Gasteiger partial charge >= 0.3 is 0 Å². The Hall–Kier alpha value is -2.35. The molecule has 0 unspecified atom stereocenters. The van der Waals surface area contributed by atoms with Crippen LogP contribution in [0.15, 0.2) is 48.5 Å². The lowest BCUT2D eigenvalue weighted by atomic mass is 10.1. The summed E-state index contributed by atoms with van der Waals surface area (Å²) in [6.07, 6.45) is 3.32. The highest BCUT2D eigenvalue weighted by molar-refractivity contribution is 6.07. The van der Waals surface area contributed by atoms with Gasteiger partial charge in [0.1, 0.15) is 0 Å². The molecule has 0 aliphatic carbocycles. The van der Waals surface area contributed by atoms with Gasteiger partial charge in [0.05, 0.1) is 0 Å². The Morgan fingerprint density at radius 1 is 1.00 bits per heavy atom. The fourth-order valence-corrected chi connectivity index (χ4v) is 1.83. The van der Waals surface area contributed by atoms with E-state index in [0.717, 1.165) is 16.7 Å². The third-order valence-corrected chi connectivity index (χ3v) is 2.99. The van der Waals surface area contributed by atoms with E-state index in [1.54, 1.807) is 12.2 Å². The molecule has 0 heterocycles. The van der Waals surface area contributed by atoms with Crippen LogP contribution in [0.5, 0.6) is 0 Å². The summed E-state index contributed by atoms with van der Waals surface area (Å²) in [5, 5.41) is 0. The van der Waals surface area contributed by atoms with Gasteiger partial charge in [0.25, 0.3) is 0 Å². The molecule has 0 bridgehead atoms. The first-order chi connectivity index (χ1) is 9.06. The van der Waals surface area contributed by atoms with Crippen molar-refractivity contribution >= 4 is 17.5 Å². The minimum atomic E-state index is -0.0139. The zero-order valence-corrected chi connectivity index (χ0v) is 11.2. The van der Waals surface area contributed by atoms with Crippen molar-refractivity contribution in [2.24, 2.45) is 0 Å². The molecule has 0 radical (unpaired) electrons. The number of carbonyl (C=O) groups is 1. The molecular weight excluding hydrogens is 234 g/mol. The molecule has 2 rings (SSSR count). The maximum absolute atomic E-state index is 12.0. The van der Waals surface area contributed by atoms with Gasteiger partial charge in [-0.05, 0) is 43.2 Å². The van der Waals surface area contributed by atoms with Crippen LogP contribution in [-0.2, 0) is 0 Å². The van der Waals surface area contributed by atoms with Crippen LogP contribution in [0.25, 0.3) is 6.08 Å². The van der Waals surface area contributed by atoms with E-state index in [9.17, 15) is 4.79 Å². The molecule has 0 aliphatic rings. The maximum Gasteiger partial charge on any atom is 0.185 e. The Kier molecular flexibility index (Phi) is 3.81. The summed E-state index contributed by atoms with van der Waals surface area (Å²) in [6.45, 7) is 3.98. The van der Waals surface area contributed by atoms with Crippen molar-refractivity contribution in [3.05, 3.63) is 70.8 Å². The van der Waals surface area contributed by atoms with Gasteiger partial charge in [0, 0.05) is 11.3 Å². The van der Waals surface area contributed by atoms with Crippen LogP contribution in [-0.4, -0.2) is 5.78 Å². The van der Waals surface area contributed by atoms with E-state index in [0.29, 0.717) is 11.3 Å². The molecule has 19 heavy (non-hydrogen) atoms. The number of hydrogen-bond acceptors (Lipinski definition) is 2. The van der Waals surface area contributed by atoms with Gasteiger partial charge in [-0.2, -0.15) is 0 Å². The zero-order chi connectivity index (χ0) is 13.8. The first kappa shape index (κ1) is 13.1. The van der Waals surface area contributed by atoms with Crippen molar-refractivity contribution in [1.29, 1.82) is 0 Å². The molecule has 0 fully saturated rings. The summed E-state index contributed by atoms with van der Waals surface area (Å²) in [7, 11) is 0. The van der Waals surface area contributed by atoms with E-state index in [4.69, 9.17) is 5.73 Å². The molecule has 0 spiro atoms. The highest BCUT2D eigenvalue weighted by atomic mass is 16.1. The lowest BCUT2D eigenvalue weighted by Crippen LogP contribution is -1.95. The van der Waals surface area contributed by atoms with Gasteiger partial charge in [-0.25, -0.2) is 0 Å². The van der Waals surface area contributed by atoms with Crippen molar-refractivity contribution in [2.45, 2.75) is 13.8 Å². The van der Waals surface area contributed by atoms with Crippen LogP contribution in [0, 0.1) is 13.8 Å². The predicted octanol–water partition coefficient (Wildman–Crippen LogP) is 3.78. The third-order valence-electron chi connectivity index (χ3n) is 2.99. The van der Waals surface area contributed by atoms with Crippen LogP contribution in [0.4, 0.5) is 5.69 Å². The molecule has 0 saturated heterocycles. The molecule has 2 aromatic rings. The normalized spacial score (nSPS) is 10.8. The zero-order valence-electron chi connectivity index (χ0n) is 11.2. The minimum absolute atomic E-state index is 0.0139. The molecule has 2 aromatic carbocycles. The summed E-state index contributed by atoms with van der Waals surface area (Å²) in [6, 6.07) is 13.3. The van der Waals surface area contributed by atoms with E-state index in [-0.39, 0.29) is 5.78 Å². The number of anilines is 1. The van der Waals surface area contributed by atoms with Gasteiger partial charge in [0.15, 0.2) is 5.78 Å². The highest BCUT2D eigenvalue weighted by Crippen LogP contribution is 2.16. The SMILES string of the molecule is Cc1ccc(C(=O)C=Cc2ccc(C)cc2N)cc1. The first-order valence-corrected chi connectivity index (χ1v) is 6.21. The van der Waals surface area contributed by atoms with Crippen molar-refractivity contribution in [3.63, 3.8) is 0 Å². The molecule has 0 atom stereocenters. The lowest BCUT2D eigenvalue weighted by Gasteiger charge is -2.01. The molecule has 2 heteroatoms. The van der Waals surface area contributed by atoms with Gasteiger partial charge in [-0.15, -0.1) is 0 Å². The number of carbonyl (C=O) groups excluding carboxylic acids is 1. The quantitative estimate of drug-likeness (QED) is 0.512. The Labute approximate surface area is 113 Å². The Balaban J connectivity index is 2.18. The van der Waals surface area contributed by atoms with Gasteiger partial charge < -0.3 is 5.73 Å². The lowest BCUT2D eigenvalue weighted by molar-refractivity contribution is 0.104. The van der Waals surface area contributed by atoms with E-state index in [2.05, 4.69) is 0 Å². The number of hydrogen-bond donors (Lipinski definition) is 1. The van der Waals surface area contributed by atoms with Crippen molar-refractivity contribution < 1.29 is 4.79 Å². The number of nitrogens with two attached hydrogens (primary N) is 1. The molecular formula is C17H17NO. The van der Waals surface area contributed by atoms with Crippen LogP contribution < -0.4 is 5.73 Å². The number of allylic oxidation sites excluding steroid dienone is 1. The van der Waals surface area contributed by atoms with Gasteiger partial charge in [0.2, 0.25) is 0 Å². The minimum Gasteiger partial charge on any atom is -0.398 e. The molecule has 2 N–H and O–H groups in total. The summed E-state index contributed by atoms with van der Waals surface area (Å²) in [5.74, 6) is -0.0139. The van der Waals surface area contributed by atoms with Gasteiger partial charge in [-0.1, -0.05) is 42.0 Å². The molecule has 0 amide bonds. The van der Waals surface area contributed by atoms with E-state index in [1.807, 2.05) is 56.3 Å². The van der Waals surface area contributed by atoms with E-state index < -0.39 is 0 Å². The fourth-order valence-electron chi connectivity index (χ4n) is 1.83. The first-order valence-electron chi connectivity index (χ1n) is 6.21. The number of benzene rings is 2. The van der Waals surface area contributed by atoms with Crippen molar-refractivity contribution in [2.75, 3.05) is 5.73 Å². The number of aryl methyl sites for hydroxylation is 2. The fraction of sp³-hybridized carbons (Fsp3) is 0.118. The van der Waals surface area contributed by atoms with Crippen LogP contribution in [0.3, 0.4) is 0 Å². The number of rotatable bonds is 3. The second-order valence-corrected chi connectivity index (χ2v) is 4.70. The van der Waals surface area contributed by atoms with Crippen molar-refractivity contribution in [1.82, 2.24) is 0 Å². The molecule has 0 aromatic heterocycles. The highest BCUT2D eigenvalue weighted by Gasteiger charge is 2.01. The van der Waals surface area contributed by atoms with Crippen LogP contribution in [0.2, 0.25) is 0 Å².